The number of benzene rings is 1. The fourth-order valence-electron chi connectivity index (χ4n) is 2.89. The maximum Gasteiger partial charge on any atom is 0.262 e. The summed E-state index contributed by atoms with van der Waals surface area (Å²) in [7, 11) is 0. The summed E-state index contributed by atoms with van der Waals surface area (Å²) in [5.74, 6) is 0.222. The van der Waals surface area contributed by atoms with Crippen LogP contribution in [0.15, 0.2) is 32.6 Å². The third-order valence-electron chi connectivity index (χ3n) is 4.07. The summed E-state index contributed by atoms with van der Waals surface area (Å²) in [5, 5.41) is 10.6. The predicted octanol–water partition coefficient (Wildman–Crippen LogP) is 3.14. The van der Waals surface area contributed by atoms with Gasteiger partial charge in [-0.2, -0.15) is 0 Å². The number of hydrogen-bond acceptors (Lipinski definition) is 5. The number of nitrogens with zero attached hydrogens (tertiary/aromatic N) is 2. The molecule has 0 bridgehead atoms. The van der Waals surface area contributed by atoms with Crippen LogP contribution in [0.2, 0.25) is 0 Å². The van der Waals surface area contributed by atoms with Crippen LogP contribution in [0.5, 0.6) is 0 Å². The summed E-state index contributed by atoms with van der Waals surface area (Å²) in [4.78, 5) is 29.6. The molecule has 1 aliphatic rings. The van der Waals surface area contributed by atoms with Gasteiger partial charge in [-0.25, -0.2) is 4.98 Å². The molecule has 2 atom stereocenters. The fourth-order valence-corrected chi connectivity index (χ4v) is 4.48. The number of fused-ring (bicyclic) bond motifs is 1. The second-order valence-corrected chi connectivity index (χ2v) is 8.22. The molecule has 0 radical (unpaired) electrons. The highest BCUT2D eigenvalue weighted by atomic mass is 79.9. The second-order valence-electron chi connectivity index (χ2n) is 6.14. The lowest BCUT2D eigenvalue weighted by Crippen LogP contribution is -2.29. The van der Waals surface area contributed by atoms with Crippen molar-refractivity contribution in [3.05, 3.63) is 33.0 Å². The maximum absolute atomic E-state index is 12.9. The number of carbonyl (C=O) groups is 1. The highest BCUT2D eigenvalue weighted by Crippen LogP contribution is 2.31. The van der Waals surface area contributed by atoms with E-state index in [1.165, 1.54) is 16.3 Å². The van der Waals surface area contributed by atoms with Gasteiger partial charge >= 0.3 is 0 Å². The molecule has 1 aliphatic carbocycles. The van der Waals surface area contributed by atoms with E-state index in [-0.39, 0.29) is 23.1 Å². The van der Waals surface area contributed by atoms with Gasteiger partial charge in [0, 0.05) is 10.9 Å². The molecule has 7 heteroatoms. The normalized spacial score (nSPS) is 19.6. The molecular weight excluding hydrogens is 392 g/mol. The zero-order valence-corrected chi connectivity index (χ0v) is 15.8. The van der Waals surface area contributed by atoms with Crippen LogP contribution in [0.25, 0.3) is 10.9 Å². The molecule has 1 aromatic carbocycles. The number of aliphatic hydroxyl groups is 1. The molecule has 0 spiro atoms. The average Bonchev–Trinajstić information content (AvgIpc) is 2.54. The zero-order valence-electron chi connectivity index (χ0n) is 13.4. The number of carbonyl (C=O) groups excluding carboxylic acids is 1. The average molecular weight is 411 g/mol. The molecule has 2 aromatic rings. The van der Waals surface area contributed by atoms with Crippen LogP contribution in [0.1, 0.15) is 32.6 Å². The lowest BCUT2D eigenvalue weighted by atomic mass is 9.99. The van der Waals surface area contributed by atoms with Crippen molar-refractivity contribution in [2.75, 3.05) is 0 Å². The monoisotopic (exact) mass is 410 g/mol. The van der Waals surface area contributed by atoms with Gasteiger partial charge in [-0.3, -0.25) is 14.2 Å². The number of thioether (sulfide) groups is 1. The van der Waals surface area contributed by atoms with Crippen LogP contribution >= 0.6 is 27.7 Å². The molecule has 128 valence electrons. The smallest absolute Gasteiger partial charge is 0.262 e. The molecule has 24 heavy (non-hydrogen) atoms. The van der Waals surface area contributed by atoms with Gasteiger partial charge in [-0.05, 0) is 38.0 Å². The first-order chi connectivity index (χ1) is 11.5. The Hall–Kier alpha value is -1.18. The first kappa shape index (κ1) is 17.6. The van der Waals surface area contributed by atoms with Crippen molar-refractivity contribution in [2.24, 2.45) is 0 Å². The van der Waals surface area contributed by atoms with Gasteiger partial charge in [0.2, 0.25) is 0 Å². The van der Waals surface area contributed by atoms with E-state index in [2.05, 4.69) is 20.9 Å². The summed E-state index contributed by atoms with van der Waals surface area (Å²) in [5.41, 5.74) is 0.420. The third-order valence-corrected chi connectivity index (χ3v) is 5.87. The molecule has 3 rings (SSSR count). The molecule has 0 amide bonds. The minimum absolute atomic E-state index is 0.154. The Labute approximate surface area is 152 Å². The first-order valence-corrected chi connectivity index (χ1v) is 9.70. The van der Waals surface area contributed by atoms with Crippen LogP contribution in [0.3, 0.4) is 0 Å². The van der Waals surface area contributed by atoms with E-state index >= 15 is 0 Å². The number of aliphatic hydroxyl groups excluding tert-OH is 1. The van der Waals surface area contributed by atoms with Crippen molar-refractivity contribution in [1.82, 2.24) is 9.55 Å². The van der Waals surface area contributed by atoms with E-state index in [9.17, 15) is 14.7 Å². The van der Waals surface area contributed by atoms with Crippen molar-refractivity contribution >= 4 is 44.4 Å². The minimum atomic E-state index is -0.671. The van der Waals surface area contributed by atoms with Crippen molar-refractivity contribution in [3.63, 3.8) is 0 Å². The van der Waals surface area contributed by atoms with Crippen molar-refractivity contribution in [1.29, 1.82) is 0 Å². The summed E-state index contributed by atoms with van der Waals surface area (Å²) < 4.78 is 2.30. The number of Topliss-reactive ketones (excluding diaryl/α,β-unsaturated/α-hetero) is 1. The van der Waals surface area contributed by atoms with E-state index in [4.69, 9.17) is 0 Å². The van der Waals surface area contributed by atoms with Gasteiger partial charge in [0.25, 0.3) is 5.56 Å². The Morgan fingerprint density at radius 3 is 2.92 bits per heavy atom. The SMILES string of the molecule is C[C@@H](O)Cn1c(S[C@H]2CCCCC2=O)nc2ccc(Br)cc2c1=O. The van der Waals surface area contributed by atoms with Gasteiger partial charge in [-0.15, -0.1) is 0 Å². The molecule has 1 N–H and O–H groups in total. The van der Waals surface area contributed by atoms with Crippen LogP contribution < -0.4 is 5.56 Å². The standard InChI is InChI=1S/C17H19BrN2O3S/c1-10(21)9-20-16(23)12-8-11(18)6-7-13(12)19-17(20)24-15-5-3-2-4-14(15)22/h6-8,10,15,21H,2-5,9H2,1H3/t10-,15+/m1/s1. The van der Waals surface area contributed by atoms with E-state index in [0.717, 1.165) is 23.7 Å². The number of halogens is 1. The van der Waals surface area contributed by atoms with Crippen LogP contribution in [0.4, 0.5) is 0 Å². The zero-order chi connectivity index (χ0) is 17.3. The Balaban J connectivity index is 2.08. The second kappa shape index (κ2) is 7.37. The Morgan fingerprint density at radius 1 is 1.42 bits per heavy atom. The van der Waals surface area contributed by atoms with E-state index in [1.807, 2.05) is 6.07 Å². The number of rotatable bonds is 4. The number of ketones is 1. The Bertz CT molecular complexity index is 834. The fraction of sp³-hybridized carbons (Fsp3) is 0.471. The molecule has 1 saturated carbocycles. The summed E-state index contributed by atoms with van der Waals surface area (Å²) in [6.45, 7) is 1.80. The van der Waals surface area contributed by atoms with Gasteiger partial charge in [0.05, 0.1) is 28.8 Å². The first-order valence-electron chi connectivity index (χ1n) is 8.03. The molecule has 0 unspecified atom stereocenters. The van der Waals surface area contributed by atoms with Crippen molar-refractivity contribution in [3.8, 4) is 0 Å². The number of aromatic nitrogens is 2. The minimum Gasteiger partial charge on any atom is -0.392 e. The Kier molecular flexibility index (Phi) is 5.42. The quantitative estimate of drug-likeness (QED) is 0.783. The molecule has 1 fully saturated rings. The molecule has 1 aromatic heterocycles. The van der Waals surface area contributed by atoms with Crippen LogP contribution in [-0.4, -0.2) is 31.8 Å². The predicted molar refractivity (Wildman–Crippen MR) is 98.5 cm³/mol. The third kappa shape index (κ3) is 3.73. The van der Waals surface area contributed by atoms with Crippen molar-refractivity contribution < 1.29 is 9.90 Å². The number of hydrogen-bond donors (Lipinski definition) is 1. The van der Waals surface area contributed by atoms with Crippen LogP contribution in [0, 0.1) is 0 Å². The van der Waals surface area contributed by atoms with E-state index in [0.29, 0.717) is 22.5 Å². The maximum atomic E-state index is 12.9. The van der Waals surface area contributed by atoms with Gasteiger partial charge < -0.3 is 5.11 Å². The lowest BCUT2D eigenvalue weighted by molar-refractivity contribution is -0.119. The molecule has 1 heterocycles. The topological polar surface area (TPSA) is 72.2 Å². The summed E-state index contributed by atoms with van der Waals surface area (Å²) in [6, 6.07) is 5.37. The highest BCUT2D eigenvalue weighted by molar-refractivity contribution is 9.10. The highest BCUT2D eigenvalue weighted by Gasteiger charge is 2.26. The van der Waals surface area contributed by atoms with E-state index < -0.39 is 6.10 Å². The lowest BCUT2D eigenvalue weighted by Gasteiger charge is -2.21. The Morgan fingerprint density at radius 2 is 2.21 bits per heavy atom. The van der Waals surface area contributed by atoms with Crippen LogP contribution in [-0.2, 0) is 11.3 Å². The summed E-state index contributed by atoms with van der Waals surface area (Å²) >= 11 is 4.73. The van der Waals surface area contributed by atoms with E-state index in [1.54, 1.807) is 19.1 Å². The van der Waals surface area contributed by atoms with Gasteiger partial charge in [-0.1, -0.05) is 34.1 Å². The molecule has 5 nitrogen and oxygen atoms in total. The largest absolute Gasteiger partial charge is 0.392 e. The summed E-state index contributed by atoms with van der Waals surface area (Å²) in [6.07, 6.45) is 2.70. The molecule has 0 saturated heterocycles. The van der Waals surface area contributed by atoms with Crippen molar-refractivity contribution in [2.45, 2.75) is 55.7 Å². The van der Waals surface area contributed by atoms with Gasteiger partial charge in [0.15, 0.2) is 5.16 Å². The van der Waals surface area contributed by atoms with Gasteiger partial charge in [0.1, 0.15) is 5.78 Å². The molecule has 0 aliphatic heterocycles. The molecular formula is C17H19BrN2O3S.